The third-order valence-corrected chi connectivity index (χ3v) is 12.4. The molecule has 1 heterocycles. The first-order chi connectivity index (χ1) is 11.0. The lowest BCUT2D eigenvalue weighted by molar-refractivity contribution is 0.0673. The summed E-state index contributed by atoms with van der Waals surface area (Å²) < 4.78 is 11.7. The second-order valence-electron chi connectivity index (χ2n) is 7.24. The second-order valence-corrected chi connectivity index (χ2v) is 15.5. The summed E-state index contributed by atoms with van der Waals surface area (Å²) in [5, 5.41) is 0. The molecule has 1 aliphatic rings. The van der Waals surface area contributed by atoms with Crippen LogP contribution in [0.4, 0.5) is 0 Å². The topological polar surface area (TPSA) is 18.5 Å². The quantitative estimate of drug-likeness (QED) is 0.180. The molecular formula is C17H35O2PS3. The molecule has 0 aromatic heterocycles. The summed E-state index contributed by atoms with van der Waals surface area (Å²) in [6, 6.07) is 0. The van der Waals surface area contributed by atoms with Gasteiger partial charge in [-0.15, -0.1) is 0 Å². The fraction of sp³-hybridized carbons (Fsp3) is 1.00. The Morgan fingerprint density at radius 3 is 1.87 bits per heavy atom. The molecule has 0 radical (unpaired) electrons. The van der Waals surface area contributed by atoms with Crippen LogP contribution in [-0.2, 0) is 20.9 Å². The molecule has 0 aromatic carbocycles. The van der Waals surface area contributed by atoms with Crippen LogP contribution in [0.2, 0.25) is 0 Å². The van der Waals surface area contributed by atoms with E-state index in [0.717, 1.165) is 19.0 Å². The van der Waals surface area contributed by atoms with Gasteiger partial charge >= 0.3 is 0 Å². The molecule has 0 saturated carbocycles. The summed E-state index contributed by atoms with van der Waals surface area (Å²) in [7, 11) is 3.53. The third-order valence-electron chi connectivity index (χ3n) is 3.95. The second kappa shape index (κ2) is 12.6. The van der Waals surface area contributed by atoms with Gasteiger partial charge in [0, 0.05) is 11.2 Å². The van der Waals surface area contributed by atoms with Gasteiger partial charge in [-0.1, -0.05) is 89.4 Å². The van der Waals surface area contributed by atoms with Gasteiger partial charge in [-0.3, -0.25) is 0 Å². The predicted molar refractivity (Wildman–Crippen MR) is 112 cm³/mol. The van der Waals surface area contributed by atoms with Gasteiger partial charge in [0.25, 0.3) is 5.69 Å². The van der Waals surface area contributed by atoms with Gasteiger partial charge in [0.15, 0.2) is 0 Å². The minimum Gasteiger partial charge on any atom is -0.320 e. The van der Waals surface area contributed by atoms with Gasteiger partial charge in [0.05, 0.1) is 13.2 Å². The van der Waals surface area contributed by atoms with Crippen molar-refractivity contribution in [1.29, 1.82) is 0 Å². The molecule has 1 rings (SSSR count). The van der Waals surface area contributed by atoms with E-state index in [0.29, 0.717) is 0 Å². The average Bonchev–Trinajstić information content (AvgIpc) is 2.52. The Balaban J connectivity index is 1.87. The highest BCUT2D eigenvalue weighted by molar-refractivity contribution is 9.03. The number of rotatable bonds is 13. The maximum atomic E-state index is 5.83. The minimum absolute atomic E-state index is 0.115. The molecule has 0 atom stereocenters. The van der Waals surface area contributed by atoms with Gasteiger partial charge in [0.1, 0.15) is 0 Å². The summed E-state index contributed by atoms with van der Waals surface area (Å²) in [5.74, 6) is 1.16. The van der Waals surface area contributed by atoms with E-state index >= 15 is 0 Å². The fourth-order valence-electron chi connectivity index (χ4n) is 2.38. The first-order valence-corrected chi connectivity index (χ1v) is 14.7. The van der Waals surface area contributed by atoms with E-state index < -0.39 is 5.69 Å². The van der Waals surface area contributed by atoms with Crippen LogP contribution in [0.25, 0.3) is 0 Å². The molecule has 1 fully saturated rings. The van der Waals surface area contributed by atoms with Crippen molar-refractivity contribution in [1.82, 2.24) is 0 Å². The van der Waals surface area contributed by atoms with E-state index in [4.69, 9.17) is 20.9 Å². The summed E-state index contributed by atoms with van der Waals surface area (Å²) >= 11 is 5.54. The van der Waals surface area contributed by atoms with E-state index in [1.165, 1.54) is 64.2 Å². The zero-order valence-electron chi connectivity index (χ0n) is 15.2. The number of hydrogen-bond donors (Lipinski definition) is 0. The van der Waals surface area contributed by atoms with Gasteiger partial charge in [-0.05, 0) is 28.6 Å². The largest absolute Gasteiger partial charge is 0.320 e. The third kappa shape index (κ3) is 11.5. The lowest BCUT2D eigenvalue weighted by Gasteiger charge is -2.35. The molecule has 0 N–H and O–H groups in total. The maximum Gasteiger partial charge on any atom is 0.257 e. The van der Waals surface area contributed by atoms with Gasteiger partial charge in [-0.25, -0.2) is 0 Å². The molecule has 0 spiro atoms. The SMILES string of the molecule is CCCCCCCCCCCCSSP1(=S)OCC(C)(C)CO1. The van der Waals surface area contributed by atoms with Crippen molar-refractivity contribution in [3.8, 4) is 0 Å². The minimum atomic E-state index is -2.06. The van der Waals surface area contributed by atoms with Crippen molar-refractivity contribution in [3.63, 3.8) is 0 Å². The van der Waals surface area contributed by atoms with Crippen LogP contribution in [0.1, 0.15) is 85.0 Å². The van der Waals surface area contributed by atoms with Crippen molar-refractivity contribution in [2.45, 2.75) is 85.0 Å². The smallest absolute Gasteiger partial charge is 0.257 e. The van der Waals surface area contributed by atoms with Crippen LogP contribution in [0, 0.1) is 5.41 Å². The van der Waals surface area contributed by atoms with Crippen LogP contribution in [0.3, 0.4) is 0 Å². The molecule has 6 heteroatoms. The van der Waals surface area contributed by atoms with Crippen molar-refractivity contribution >= 4 is 38.7 Å². The number of hydrogen-bond acceptors (Lipinski definition) is 5. The van der Waals surface area contributed by atoms with E-state index in [2.05, 4.69) is 20.8 Å². The molecule has 0 unspecified atom stereocenters. The molecule has 0 aromatic rings. The summed E-state index contributed by atoms with van der Waals surface area (Å²) in [4.78, 5) is 0. The highest BCUT2D eigenvalue weighted by atomic mass is 33.4. The zero-order chi connectivity index (χ0) is 17.0. The molecule has 0 amide bonds. The summed E-state index contributed by atoms with van der Waals surface area (Å²) in [5.41, 5.74) is -1.95. The molecule has 0 bridgehead atoms. The van der Waals surface area contributed by atoms with Gasteiger partial charge in [-0.2, -0.15) is 0 Å². The van der Waals surface area contributed by atoms with Crippen molar-refractivity contribution in [3.05, 3.63) is 0 Å². The molecule has 138 valence electrons. The van der Waals surface area contributed by atoms with Crippen molar-refractivity contribution < 1.29 is 9.05 Å². The molecule has 0 aliphatic carbocycles. The average molecular weight is 399 g/mol. The van der Waals surface area contributed by atoms with Crippen LogP contribution in [0.15, 0.2) is 0 Å². The Morgan fingerprint density at radius 1 is 0.870 bits per heavy atom. The Kier molecular flexibility index (Phi) is 12.2. The van der Waals surface area contributed by atoms with Gasteiger partial charge < -0.3 is 9.05 Å². The Labute approximate surface area is 156 Å². The van der Waals surface area contributed by atoms with Crippen molar-refractivity contribution in [2.24, 2.45) is 5.41 Å². The normalized spacial score (nSPS) is 19.8. The predicted octanol–water partition coefficient (Wildman–Crippen LogP) is 7.59. The van der Waals surface area contributed by atoms with E-state index in [9.17, 15) is 0 Å². The van der Waals surface area contributed by atoms with Crippen LogP contribution in [-0.4, -0.2) is 19.0 Å². The molecule has 2 nitrogen and oxygen atoms in total. The first-order valence-electron chi connectivity index (χ1n) is 9.18. The molecule has 1 aliphatic heterocycles. The molecular weight excluding hydrogens is 363 g/mol. The number of unbranched alkanes of at least 4 members (excludes halogenated alkanes) is 9. The fourth-order valence-corrected chi connectivity index (χ4v) is 9.71. The summed E-state index contributed by atoms with van der Waals surface area (Å²) in [6.45, 7) is 8.06. The Hall–Kier alpha value is 1.27. The monoisotopic (exact) mass is 398 g/mol. The molecule has 23 heavy (non-hydrogen) atoms. The Bertz CT molecular complexity index is 337. The molecule has 1 saturated heterocycles. The standard InChI is InChI=1S/C17H35O2PS3/c1-4-5-6-7-8-9-10-11-12-13-14-22-23-20(21)18-15-17(2,3)16-19-20/h4-16H2,1-3H3. The maximum absolute atomic E-state index is 5.83. The van der Waals surface area contributed by atoms with Crippen LogP contribution < -0.4 is 0 Å². The highest BCUT2D eigenvalue weighted by Gasteiger charge is 2.33. The van der Waals surface area contributed by atoms with Gasteiger partial charge in [0.2, 0.25) is 0 Å². The lowest BCUT2D eigenvalue weighted by Crippen LogP contribution is -2.28. The first kappa shape index (κ1) is 22.3. The van der Waals surface area contributed by atoms with E-state index in [-0.39, 0.29) is 5.41 Å². The zero-order valence-corrected chi connectivity index (χ0v) is 18.5. The lowest BCUT2D eigenvalue weighted by atomic mass is 9.97. The van der Waals surface area contributed by atoms with Crippen LogP contribution >= 0.6 is 26.9 Å². The van der Waals surface area contributed by atoms with Crippen LogP contribution in [0.5, 0.6) is 0 Å². The highest BCUT2D eigenvalue weighted by Crippen LogP contribution is 2.68. The van der Waals surface area contributed by atoms with E-state index in [1.54, 1.807) is 10.4 Å². The Morgan fingerprint density at radius 2 is 1.35 bits per heavy atom. The van der Waals surface area contributed by atoms with Crippen molar-refractivity contribution in [2.75, 3.05) is 19.0 Å². The summed E-state index contributed by atoms with van der Waals surface area (Å²) in [6.07, 6.45) is 13.9. The van der Waals surface area contributed by atoms with E-state index in [1.807, 2.05) is 10.8 Å².